The third-order valence-corrected chi connectivity index (χ3v) is 4.19. The van der Waals surface area contributed by atoms with E-state index in [0.29, 0.717) is 18.0 Å². The van der Waals surface area contributed by atoms with Crippen molar-refractivity contribution in [2.45, 2.75) is 45.7 Å². The van der Waals surface area contributed by atoms with Crippen molar-refractivity contribution in [3.05, 3.63) is 30.1 Å². The van der Waals surface area contributed by atoms with Gasteiger partial charge in [-0.15, -0.1) is 0 Å². The Balaban J connectivity index is 2.14. The average molecular weight is 257 g/mol. The van der Waals surface area contributed by atoms with Crippen LogP contribution in [0.3, 0.4) is 0 Å². The highest BCUT2D eigenvalue weighted by molar-refractivity contribution is 5.76. The molecule has 19 heavy (non-hydrogen) atoms. The fourth-order valence-electron chi connectivity index (χ4n) is 3.22. The first kappa shape index (κ1) is 12.7. The van der Waals surface area contributed by atoms with E-state index in [1.54, 1.807) is 0 Å². The molecule has 1 aromatic carbocycles. The van der Waals surface area contributed by atoms with E-state index in [2.05, 4.69) is 54.9 Å². The zero-order chi connectivity index (χ0) is 13.4. The van der Waals surface area contributed by atoms with Crippen LogP contribution in [0, 0.1) is 5.92 Å². The zero-order valence-electron chi connectivity index (χ0n) is 12.1. The molecule has 1 N–H and O–H groups in total. The number of fused-ring (bicyclic) bond motifs is 1. The van der Waals surface area contributed by atoms with Gasteiger partial charge >= 0.3 is 0 Å². The number of imidazole rings is 1. The Labute approximate surface area is 115 Å². The maximum absolute atomic E-state index is 4.91. The van der Waals surface area contributed by atoms with Crippen LogP contribution in [0.2, 0.25) is 0 Å². The van der Waals surface area contributed by atoms with Gasteiger partial charge in [0.1, 0.15) is 5.82 Å². The van der Waals surface area contributed by atoms with Crippen molar-refractivity contribution in [3.8, 4) is 0 Å². The van der Waals surface area contributed by atoms with Crippen LogP contribution in [0.5, 0.6) is 0 Å². The Morgan fingerprint density at radius 1 is 1.32 bits per heavy atom. The van der Waals surface area contributed by atoms with Gasteiger partial charge in [0.25, 0.3) is 0 Å². The number of nitrogens with zero attached hydrogens (tertiary/aromatic N) is 2. The van der Waals surface area contributed by atoms with Crippen LogP contribution in [0.4, 0.5) is 0 Å². The Hall–Kier alpha value is -1.35. The number of aromatic nitrogens is 2. The van der Waals surface area contributed by atoms with Gasteiger partial charge in [-0.2, -0.15) is 0 Å². The van der Waals surface area contributed by atoms with Crippen molar-refractivity contribution in [3.63, 3.8) is 0 Å². The highest BCUT2D eigenvalue weighted by Gasteiger charge is 2.28. The summed E-state index contributed by atoms with van der Waals surface area (Å²) in [5, 5.41) is 3.66. The summed E-state index contributed by atoms with van der Waals surface area (Å²) < 4.78 is 2.40. The summed E-state index contributed by atoms with van der Waals surface area (Å²) in [4.78, 5) is 4.91. The molecule has 0 aliphatic carbocycles. The van der Waals surface area contributed by atoms with E-state index >= 15 is 0 Å². The van der Waals surface area contributed by atoms with E-state index in [0.717, 1.165) is 12.1 Å². The van der Waals surface area contributed by atoms with Gasteiger partial charge in [-0.05, 0) is 51.3 Å². The minimum atomic E-state index is 0.392. The van der Waals surface area contributed by atoms with E-state index in [1.807, 2.05) is 0 Å². The lowest BCUT2D eigenvalue weighted by molar-refractivity contribution is 0.286. The lowest BCUT2D eigenvalue weighted by atomic mass is 9.92. The van der Waals surface area contributed by atoms with Gasteiger partial charge in [0.05, 0.1) is 17.1 Å². The first-order valence-electron chi connectivity index (χ1n) is 7.38. The second-order valence-electron chi connectivity index (χ2n) is 5.97. The Morgan fingerprint density at radius 3 is 2.84 bits per heavy atom. The second kappa shape index (κ2) is 4.97. The number of piperidine rings is 1. The third-order valence-electron chi connectivity index (χ3n) is 4.19. The van der Waals surface area contributed by atoms with Crippen LogP contribution in [0.1, 0.15) is 51.5 Å². The largest absolute Gasteiger partial charge is 0.324 e. The summed E-state index contributed by atoms with van der Waals surface area (Å²) in [7, 11) is 0. The van der Waals surface area contributed by atoms with Gasteiger partial charge in [-0.3, -0.25) is 0 Å². The molecule has 3 nitrogen and oxygen atoms in total. The molecular formula is C16H23N3. The van der Waals surface area contributed by atoms with Gasteiger partial charge in [-0.25, -0.2) is 4.98 Å². The van der Waals surface area contributed by atoms with Crippen LogP contribution in [0.15, 0.2) is 24.3 Å². The van der Waals surface area contributed by atoms with Crippen molar-refractivity contribution in [2.24, 2.45) is 5.92 Å². The van der Waals surface area contributed by atoms with Crippen molar-refractivity contribution in [2.75, 3.05) is 6.54 Å². The van der Waals surface area contributed by atoms with Crippen LogP contribution in [-0.2, 0) is 0 Å². The van der Waals surface area contributed by atoms with E-state index < -0.39 is 0 Å². The zero-order valence-corrected chi connectivity index (χ0v) is 12.1. The van der Waals surface area contributed by atoms with Crippen LogP contribution < -0.4 is 5.32 Å². The average Bonchev–Trinajstić information content (AvgIpc) is 2.78. The van der Waals surface area contributed by atoms with E-state index in [1.165, 1.54) is 24.2 Å². The number of rotatable bonds is 2. The fourth-order valence-corrected chi connectivity index (χ4v) is 3.22. The molecule has 1 aromatic heterocycles. The normalized spacial score (nSPS) is 24.2. The molecule has 0 saturated carbocycles. The smallest absolute Gasteiger partial charge is 0.127 e. The van der Waals surface area contributed by atoms with E-state index in [9.17, 15) is 0 Å². The number of hydrogen-bond donors (Lipinski definition) is 1. The predicted octanol–water partition coefficient (Wildman–Crippen LogP) is 3.68. The molecule has 1 aliphatic heterocycles. The standard InChI is InChI=1S/C16H23N3/c1-11(2)19-14-9-5-4-8-13(14)18-16(19)15-12(3)7-6-10-17-15/h4-5,8-9,11-12,15,17H,6-7,10H2,1-3H3. The number of benzene rings is 1. The van der Waals surface area contributed by atoms with Crippen LogP contribution in [-0.4, -0.2) is 16.1 Å². The lowest BCUT2D eigenvalue weighted by Gasteiger charge is -2.30. The molecule has 0 spiro atoms. The number of nitrogens with one attached hydrogen (secondary N) is 1. The molecule has 1 fully saturated rings. The number of para-hydroxylation sites is 2. The molecule has 0 radical (unpaired) electrons. The fraction of sp³-hybridized carbons (Fsp3) is 0.562. The van der Waals surface area contributed by atoms with Crippen molar-refractivity contribution in [1.82, 2.24) is 14.9 Å². The molecule has 2 heterocycles. The van der Waals surface area contributed by atoms with Crippen molar-refractivity contribution < 1.29 is 0 Å². The summed E-state index contributed by atoms with van der Waals surface area (Å²) in [6.07, 6.45) is 2.57. The number of hydrogen-bond acceptors (Lipinski definition) is 2. The first-order chi connectivity index (χ1) is 9.18. The van der Waals surface area contributed by atoms with Gasteiger partial charge < -0.3 is 9.88 Å². The lowest BCUT2D eigenvalue weighted by Crippen LogP contribution is -2.35. The topological polar surface area (TPSA) is 29.9 Å². The monoisotopic (exact) mass is 257 g/mol. The maximum atomic E-state index is 4.91. The summed E-state index contributed by atoms with van der Waals surface area (Å²) in [6.45, 7) is 7.92. The molecular weight excluding hydrogens is 234 g/mol. The summed E-state index contributed by atoms with van der Waals surface area (Å²) in [6, 6.07) is 9.30. The summed E-state index contributed by atoms with van der Waals surface area (Å²) >= 11 is 0. The maximum Gasteiger partial charge on any atom is 0.127 e. The minimum Gasteiger partial charge on any atom is -0.324 e. The molecule has 0 amide bonds. The highest BCUT2D eigenvalue weighted by Crippen LogP contribution is 2.32. The summed E-state index contributed by atoms with van der Waals surface area (Å²) in [5.41, 5.74) is 2.37. The molecule has 102 valence electrons. The van der Waals surface area contributed by atoms with Gasteiger partial charge in [0.15, 0.2) is 0 Å². The highest BCUT2D eigenvalue weighted by atomic mass is 15.1. The van der Waals surface area contributed by atoms with Crippen LogP contribution in [0.25, 0.3) is 11.0 Å². The van der Waals surface area contributed by atoms with Gasteiger partial charge in [-0.1, -0.05) is 19.1 Å². The molecule has 3 rings (SSSR count). The minimum absolute atomic E-state index is 0.392. The molecule has 2 unspecified atom stereocenters. The predicted molar refractivity (Wildman–Crippen MR) is 79.3 cm³/mol. The Morgan fingerprint density at radius 2 is 2.11 bits per heavy atom. The third kappa shape index (κ3) is 2.16. The Kier molecular flexibility index (Phi) is 3.31. The quantitative estimate of drug-likeness (QED) is 0.889. The van der Waals surface area contributed by atoms with Crippen LogP contribution >= 0.6 is 0 Å². The molecule has 2 atom stereocenters. The summed E-state index contributed by atoms with van der Waals surface area (Å²) in [5.74, 6) is 1.87. The SMILES string of the molecule is CC1CCCNC1c1nc2ccccc2n1C(C)C. The van der Waals surface area contributed by atoms with Crippen molar-refractivity contribution in [1.29, 1.82) is 0 Å². The van der Waals surface area contributed by atoms with Gasteiger partial charge in [0, 0.05) is 6.04 Å². The molecule has 0 bridgehead atoms. The van der Waals surface area contributed by atoms with E-state index in [4.69, 9.17) is 4.98 Å². The van der Waals surface area contributed by atoms with E-state index in [-0.39, 0.29) is 0 Å². The first-order valence-corrected chi connectivity index (χ1v) is 7.38. The molecule has 3 heteroatoms. The van der Waals surface area contributed by atoms with Crippen molar-refractivity contribution >= 4 is 11.0 Å². The Bertz CT molecular complexity index is 570. The van der Waals surface area contributed by atoms with Gasteiger partial charge in [0.2, 0.25) is 0 Å². The second-order valence-corrected chi connectivity index (χ2v) is 5.97. The molecule has 1 saturated heterocycles. The molecule has 2 aromatic rings. The molecule has 1 aliphatic rings.